The maximum absolute atomic E-state index is 12.0. The van der Waals surface area contributed by atoms with Crippen LogP contribution in [0.1, 0.15) is 24.2 Å². The van der Waals surface area contributed by atoms with Gasteiger partial charge in [0.05, 0.1) is 11.9 Å². The second kappa shape index (κ2) is 9.34. The summed E-state index contributed by atoms with van der Waals surface area (Å²) in [6, 6.07) is 13.9. The van der Waals surface area contributed by atoms with E-state index in [4.69, 9.17) is 16.3 Å². The maximum Gasteiger partial charge on any atom is 0.269 e. The van der Waals surface area contributed by atoms with Crippen LogP contribution in [0.3, 0.4) is 0 Å². The minimum absolute atomic E-state index is 0.0668. The fourth-order valence-electron chi connectivity index (χ4n) is 1.87. The highest BCUT2D eigenvalue weighted by atomic mass is 35.5. The third kappa shape index (κ3) is 6.68. The minimum atomic E-state index is -0.388. The first kappa shape index (κ1) is 19.1. The molecule has 0 aromatic heterocycles. The molecule has 0 unspecified atom stereocenters. The van der Waals surface area contributed by atoms with Gasteiger partial charge in [0.2, 0.25) is 5.91 Å². The van der Waals surface area contributed by atoms with E-state index in [-0.39, 0.29) is 23.7 Å². The summed E-state index contributed by atoms with van der Waals surface area (Å²) in [5.74, 6) is 0.187. The Kier molecular flexibility index (Phi) is 7.16. The largest absolute Gasteiger partial charge is 0.491 e. The number of amides is 2. The van der Waals surface area contributed by atoms with Gasteiger partial charge in [-0.25, -0.2) is 0 Å². The number of nitrogens with one attached hydrogen (secondary N) is 2. The molecule has 2 amide bonds. The van der Waals surface area contributed by atoms with Gasteiger partial charge in [0.15, 0.2) is 0 Å². The third-order valence-electron chi connectivity index (χ3n) is 2.99. The van der Waals surface area contributed by atoms with Crippen molar-refractivity contribution >= 4 is 35.2 Å². The molecule has 0 heterocycles. The predicted molar refractivity (Wildman–Crippen MR) is 100.0 cm³/mol. The number of hydrogen-bond donors (Lipinski definition) is 2. The Bertz CT molecular complexity index is 718. The summed E-state index contributed by atoms with van der Waals surface area (Å²) in [6.07, 6.45) is 0.0668. The average molecular weight is 379 g/mol. The fraction of sp³-hybridized carbons (Fsp3) is 0.222. The van der Waals surface area contributed by atoms with Gasteiger partial charge in [-0.2, -0.15) is 0 Å². The van der Waals surface area contributed by atoms with Crippen LogP contribution in [-0.4, -0.2) is 23.7 Å². The number of thioether (sulfide) groups is 1. The summed E-state index contributed by atoms with van der Waals surface area (Å²) >= 11 is 7.16. The maximum atomic E-state index is 12.0. The Hall–Kier alpha value is -2.18. The Balaban J connectivity index is 1.76. The molecule has 0 radical (unpaired) electrons. The van der Waals surface area contributed by atoms with Gasteiger partial charge in [-0.1, -0.05) is 11.6 Å². The zero-order chi connectivity index (χ0) is 18.2. The molecule has 0 aliphatic heterocycles. The van der Waals surface area contributed by atoms with Crippen molar-refractivity contribution in [3.63, 3.8) is 0 Å². The molecule has 5 nitrogen and oxygen atoms in total. The Morgan fingerprint density at radius 2 is 1.68 bits per heavy atom. The first-order valence-corrected chi connectivity index (χ1v) is 9.04. The number of ether oxygens (including phenoxy) is 1. The third-order valence-corrected chi connectivity index (χ3v) is 4.25. The van der Waals surface area contributed by atoms with Crippen LogP contribution in [0.25, 0.3) is 0 Å². The lowest BCUT2D eigenvalue weighted by Gasteiger charge is -2.10. The molecule has 2 rings (SSSR count). The number of carbonyl (C=O) groups excluding carboxylic acids is 2. The molecule has 0 saturated carbocycles. The van der Waals surface area contributed by atoms with E-state index < -0.39 is 0 Å². The van der Waals surface area contributed by atoms with Crippen LogP contribution in [0.15, 0.2) is 53.4 Å². The van der Waals surface area contributed by atoms with E-state index in [1.807, 2.05) is 26.0 Å². The van der Waals surface area contributed by atoms with Gasteiger partial charge in [-0.05, 0) is 62.4 Å². The van der Waals surface area contributed by atoms with Crippen LogP contribution in [0.2, 0.25) is 5.02 Å². The van der Waals surface area contributed by atoms with Gasteiger partial charge < -0.3 is 4.74 Å². The van der Waals surface area contributed by atoms with Gasteiger partial charge in [-0.15, -0.1) is 11.8 Å². The van der Waals surface area contributed by atoms with Gasteiger partial charge in [0, 0.05) is 15.5 Å². The van der Waals surface area contributed by atoms with Gasteiger partial charge >= 0.3 is 0 Å². The van der Waals surface area contributed by atoms with Crippen molar-refractivity contribution in [1.29, 1.82) is 0 Å². The lowest BCUT2D eigenvalue weighted by Crippen LogP contribution is -2.42. The summed E-state index contributed by atoms with van der Waals surface area (Å²) in [5.41, 5.74) is 5.22. The smallest absolute Gasteiger partial charge is 0.269 e. The Morgan fingerprint density at radius 3 is 2.28 bits per heavy atom. The molecule has 2 aromatic rings. The van der Waals surface area contributed by atoms with E-state index in [9.17, 15) is 9.59 Å². The number of carbonyl (C=O) groups is 2. The molecule has 0 fully saturated rings. The minimum Gasteiger partial charge on any atom is -0.491 e. The lowest BCUT2D eigenvalue weighted by molar-refractivity contribution is -0.119. The van der Waals surface area contributed by atoms with Crippen molar-refractivity contribution < 1.29 is 14.3 Å². The van der Waals surface area contributed by atoms with Gasteiger partial charge in [0.25, 0.3) is 5.91 Å². The van der Waals surface area contributed by atoms with E-state index >= 15 is 0 Å². The van der Waals surface area contributed by atoms with Gasteiger partial charge in [0.1, 0.15) is 5.75 Å². The Morgan fingerprint density at radius 1 is 1.04 bits per heavy atom. The summed E-state index contributed by atoms with van der Waals surface area (Å²) < 4.78 is 5.52. The second-order valence-corrected chi connectivity index (χ2v) is 6.92. The van der Waals surface area contributed by atoms with Crippen molar-refractivity contribution in [3.05, 3.63) is 59.1 Å². The van der Waals surface area contributed by atoms with Crippen LogP contribution in [0.4, 0.5) is 0 Å². The molecular formula is C18H19ClN2O3S. The average Bonchev–Trinajstić information content (AvgIpc) is 2.59. The molecule has 0 aliphatic carbocycles. The molecule has 25 heavy (non-hydrogen) atoms. The van der Waals surface area contributed by atoms with E-state index in [1.165, 1.54) is 11.8 Å². The monoisotopic (exact) mass is 378 g/mol. The quantitative estimate of drug-likeness (QED) is 0.594. The highest BCUT2D eigenvalue weighted by Crippen LogP contribution is 2.19. The molecule has 2 N–H and O–H groups in total. The molecule has 7 heteroatoms. The first-order valence-electron chi connectivity index (χ1n) is 7.68. The lowest BCUT2D eigenvalue weighted by atomic mass is 10.2. The van der Waals surface area contributed by atoms with Crippen molar-refractivity contribution in [3.8, 4) is 5.75 Å². The highest BCUT2D eigenvalue weighted by molar-refractivity contribution is 8.00. The molecular weight excluding hydrogens is 360 g/mol. The van der Waals surface area contributed by atoms with Crippen LogP contribution >= 0.6 is 23.4 Å². The number of halogens is 1. The predicted octanol–water partition coefficient (Wildman–Crippen LogP) is 3.68. The molecule has 0 bridgehead atoms. The van der Waals surface area contributed by atoms with E-state index in [0.29, 0.717) is 16.3 Å². The SMILES string of the molecule is CC(C)Oc1ccc(C(=O)NNC(=O)CSc2ccc(Cl)cc2)cc1. The summed E-state index contributed by atoms with van der Waals surface area (Å²) in [4.78, 5) is 24.7. The van der Waals surface area contributed by atoms with E-state index in [2.05, 4.69) is 10.9 Å². The van der Waals surface area contributed by atoms with Gasteiger partial charge in [-0.3, -0.25) is 20.4 Å². The van der Waals surface area contributed by atoms with Crippen LogP contribution in [0.5, 0.6) is 5.75 Å². The number of hydrogen-bond acceptors (Lipinski definition) is 4. The zero-order valence-electron chi connectivity index (χ0n) is 13.9. The van der Waals surface area contributed by atoms with Crippen LogP contribution < -0.4 is 15.6 Å². The topological polar surface area (TPSA) is 67.4 Å². The zero-order valence-corrected chi connectivity index (χ0v) is 15.5. The van der Waals surface area contributed by atoms with Crippen molar-refractivity contribution in [1.82, 2.24) is 10.9 Å². The fourth-order valence-corrected chi connectivity index (χ4v) is 2.70. The van der Waals surface area contributed by atoms with Crippen molar-refractivity contribution in [2.75, 3.05) is 5.75 Å². The normalized spacial score (nSPS) is 10.4. The summed E-state index contributed by atoms with van der Waals surface area (Å²) in [6.45, 7) is 3.86. The summed E-state index contributed by atoms with van der Waals surface area (Å²) in [7, 11) is 0. The molecule has 0 aliphatic rings. The molecule has 0 atom stereocenters. The number of rotatable bonds is 6. The van der Waals surface area contributed by atoms with Crippen LogP contribution in [-0.2, 0) is 4.79 Å². The number of hydrazine groups is 1. The van der Waals surface area contributed by atoms with E-state index in [1.54, 1.807) is 36.4 Å². The Labute approximate surface area is 156 Å². The van der Waals surface area contributed by atoms with Crippen molar-refractivity contribution in [2.24, 2.45) is 0 Å². The second-order valence-electron chi connectivity index (χ2n) is 5.44. The molecule has 0 spiro atoms. The molecule has 2 aromatic carbocycles. The van der Waals surface area contributed by atoms with E-state index in [0.717, 1.165) is 4.90 Å². The standard InChI is InChI=1S/C18H19ClN2O3S/c1-12(2)24-15-7-3-13(4-8-15)18(23)21-20-17(22)11-25-16-9-5-14(19)6-10-16/h3-10,12H,11H2,1-2H3,(H,20,22)(H,21,23). The van der Waals surface area contributed by atoms with Crippen molar-refractivity contribution in [2.45, 2.75) is 24.8 Å². The molecule has 132 valence electrons. The summed E-state index contributed by atoms with van der Waals surface area (Å²) in [5, 5.41) is 0.644. The van der Waals surface area contributed by atoms with Crippen LogP contribution in [0, 0.1) is 0 Å². The first-order chi connectivity index (χ1) is 11.9. The highest BCUT2D eigenvalue weighted by Gasteiger charge is 2.08. The number of benzene rings is 2. The molecule has 0 saturated heterocycles.